The second kappa shape index (κ2) is 6.99. The molecular weight excluding hydrogens is 244 g/mol. The Balaban J connectivity index is 1.98. The summed E-state index contributed by atoms with van der Waals surface area (Å²) in [6.45, 7) is 3.06. The molecule has 1 unspecified atom stereocenters. The van der Waals surface area contributed by atoms with Crippen molar-refractivity contribution in [3.63, 3.8) is 0 Å². The van der Waals surface area contributed by atoms with Crippen molar-refractivity contribution >= 4 is 0 Å². The second-order valence-electron chi connectivity index (χ2n) is 5.60. The quantitative estimate of drug-likeness (QED) is 0.785. The predicted molar refractivity (Wildman–Crippen MR) is 74.1 cm³/mol. The topological polar surface area (TPSA) is 12.0 Å². The summed E-state index contributed by atoms with van der Waals surface area (Å²) in [6, 6.07) is 4.73. The second-order valence-corrected chi connectivity index (χ2v) is 5.60. The van der Waals surface area contributed by atoms with Crippen LogP contribution in [0.2, 0.25) is 0 Å². The number of hydrogen-bond donors (Lipinski definition) is 1. The molecule has 1 aliphatic carbocycles. The zero-order chi connectivity index (χ0) is 13.7. The lowest BCUT2D eigenvalue weighted by Gasteiger charge is -2.30. The highest BCUT2D eigenvalue weighted by Gasteiger charge is 2.23. The molecule has 0 heterocycles. The van der Waals surface area contributed by atoms with Gasteiger partial charge in [-0.15, -0.1) is 0 Å². The highest BCUT2D eigenvalue weighted by Crippen LogP contribution is 2.31. The highest BCUT2D eigenvalue weighted by molar-refractivity contribution is 5.20. The smallest absolute Gasteiger partial charge is 0.162 e. The molecule has 0 radical (unpaired) electrons. The Labute approximate surface area is 114 Å². The van der Waals surface area contributed by atoms with E-state index in [-0.39, 0.29) is 6.04 Å². The van der Waals surface area contributed by atoms with Crippen LogP contribution >= 0.6 is 0 Å². The van der Waals surface area contributed by atoms with E-state index in [9.17, 15) is 8.78 Å². The number of nitrogens with one attached hydrogen (secondary N) is 1. The van der Waals surface area contributed by atoms with E-state index in [2.05, 4.69) is 12.2 Å². The average molecular weight is 267 g/mol. The van der Waals surface area contributed by atoms with Gasteiger partial charge >= 0.3 is 0 Å². The molecule has 1 N–H and O–H groups in total. The molecule has 0 aromatic heterocycles. The average Bonchev–Trinajstić information content (AvgIpc) is 2.35. The van der Waals surface area contributed by atoms with Gasteiger partial charge in [-0.1, -0.05) is 38.3 Å². The molecule has 2 rings (SSSR count). The van der Waals surface area contributed by atoms with Crippen LogP contribution < -0.4 is 5.32 Å². The third-order valence-electron chi connectivity index (χ3n) is 4.02. The van der Waals surface area contributed by atoms with Gasteiger partial charge < -0.3 is 5.32 Å². The van der Waals surface area contributed by atoms with Crippen LogP contribution in [0.5, 0.6) is 0 Å². The normalized spacial score (nSPS) is 17.2. The number of halogens is 2. The fourth-order valence-electron chi connectivity index (χ4n) is 2.69. The van der Waals surface area contributed by atoms with E-state index in [0.29, 0.717) is 12.0 Å². The van der Waals surface area contributed by atoms with E-state index in [1.165, 1.54) is 25.3 Å². The predicted octanol–water partition coefficient (Wildman–Crippen LogP) is 4.07. The molecular formula is C16H23F2N. The van der Waals surface area contributed by atoms with Gasteiger partial charge in [0.05, 0.1) is 0 Å². The van der Waals surface area contributed by atoms with Gasteiger partial charge in [0.15, 0.2) is 11.6 Å². The minimum atomic E-state index is -0.740. The molecule has 1 nitrogen and oxygen atoms in total. The van der Waals surface area contributed by atoms with Gasteiger partial charge in [-0.05, 0) is 43.4 Å². The summed E-state index contributed by atoms with van der Waals surface area (Å²) in [5.41, 5.74) is 0.493. The minimum absolute atomic E-state index is 0.265. The Morgan fingerprint density at radius 3 is 2.74 bits per heavy atom. The van der Waals surface area contributed by atoms with Gasteiger partial charge in [-0.25, -0.2) is 8.78 Å². The molecule has 1 aromatic rings. The SMILES string of the molecule is CCCNC(Cc1cccc(F)c1F)CC1CCC1. The summed E-state index contributed by atoms with van der Waals surface area (Å²) in [5.74, 6) is -0.652. The van der Waals surface area contributed by atoms with Crippen molar-refractivity contribution in [1.82, 2.24) is 5.32 Å². The van der Waals surface area contributed by atoms with E-state index in [4.69, 9.17) is 0 Å². The van der Waals surface area contributed by atoms with Gasteiger partial charge in [-0.2, -0.15) is 0 Å². The Kier molecular flexibility index (Phi) is 5.32. The minimum Gasteiger partial charge on any atom is -0.314 e. The molecule has 1 fully saturated rings. The Hall–Kier alpha value is -0.960. The first-order valence-corrected chi connectivity index (χ1v) is 7.37. The van der Waals surface area contributed by atoms with Crippen molar-refractivity contribution in [2.75, 3.05) is 6.54 Å². The van der Waals surface area contributed by atoms with Gasteiger partial charge in [-0.3, -0.25) is 0 Å². The van der Waals surface area contributed by atoms with Crippen LogP contribution in [0, 0.1) is 17.6 Å². The van der Waals surface area contributed by atoms with Crippen molar-refractivity contribution in [3.05, 3.63) is 35.4 Å². The van der Waals surface area contributed by atoms with Crippen molar-refractivity contribution in [3.8, 4) is 0 Å². The third-order valence-corrected chi connectivity index (χ3v) is 4.02. The summed E-state index contributed by atoms with van der Waals surface area (Å²) >= 11 is 0. The van der Waals surface area contributed by atoms with Crippen molar-refractivity contribution in [2.24, 2.45) is 5.92 Å². The molecule has 0 amide bonds. The lowest BCUT2D eigenvalue weighted by molar-refractivity contribution is 0.258. The maximum atomic E-state index is 13.7. The molecule has 0 spiro atoms. The van der Waals surface area contributed by atoms with E-state index < -0.39 is 11.6 Å². The highest BCUT2D eigenvalue weighted by atomic mass is 19.2. The van der Waals surface area contributed by atoms with Gasteiger partial charge in [0.25, 0.3) is 0 Å². The van der Waals surface area contributed by atoms with Gasteiger partial charge in [0.1, 0.15) is 0 Å². The Morgan fingerprint density at radius 2 is 2.11 bits per heavy atom. The standard InChI is InChI=1S/C16H23F2N/c1-2-9-19-14(10-12-5-3-6-12)11-13-7-4-8-15(17)16(13)18/h4,7-8,12,14,19H,2-3,5-6,9-11H2,1H3. The molecule has 106 valence electrons. The molecule has 1 aliphatic rings. The van der Waals surface area contributed by atoms with Crippen LogP contribution in [0.1, 0.15) is 44.6 Å². The number of rotatable bonds is 7. The van der Waals surface area contributed by atoms with Gasteiger partial charge in [0, 0.05) is 6.04 Å². The molecule has 0 aliphatic heterocycles. The summed E-state index contributed by atoms with van der Waals surface area (Å²) in [7, 11) is 0. The molecule has 19 heavy (non-hydrogen) atoms. The molecule has 1 atom stereocenters. The fraction of sp³-hybridized carbons (Fsp3) is 0.625. The number of benzene rings is 1. The molecule has 0 bridgehead atoms. The van der Waals surface area contributed by atoms with Crippen molar-refractivity contribution < 1.29 is 8.78 Å². The molecule has 1 aromatic carbocycles. The maximum Gasteiger partial charge on any atom is 0.162 e. The molecule has 3 heteroatoms. The van der Waals surface area contributed by atoms with E-state index >= 15 is 0 Å². The largest absolute Gasteiger partial charge is 0.314 e. The zero-order valence-electron chi connectivity index (χ0n) is 11.6. The first kappa shape index (κ1) is 14.4. The van der Waals surface area contributed by atoms with Crippen LogP contribution in [0.25, 0.3) is 0 Å². The van der Waals surface area contributed by atoms with E-state index in [0.717, 1.165) is 25.3 Å². The maximum absolute atomic E-state index is 13.7. The lowest BCUT2D eigenvalue weighted by Crippen LogP contribution is -2.35. The lowest BCUT2D eigenvalue weighted by atomic mass is 9.80. The third kappa shape index (κ3) is 4.00. The number of hydrogen-bond acceptors (Lipinski definition) is 1. The van der Waals surface area contributed by atoms with Crippen LogP contribution in [0.15, 0.2) is 18.2 Å². The first-order chi connectivity index (χ1) is 9.20. The van der Waals surface area contributed by atoms with Crippen LogP contribution in [0.3, 0.4) is 0 Å². The Morgan fingerprint density at radius 1 is 1.32 bits per heavy atom. The first-order valence-electron chi connectivity index (χ1n) is 7.37. The van der Waals surface area contributed by atoms with Crippen molar-refractivity contribution in [1.29, 1.82) is 0 Å². The monoisotopic (exact) mass is 267 g/mol. The molecule has 0 saturated heterocycles. The van der Waals surface area contributed by atoms with E-state index in [1.54, 1.807) is 12.1 Å². The van der Waals surface area contributed by atoms with Gasteiger partial charge in [0.2, 0.25) is 0 Å². The van der Waals surface area contributed by atoms with Crippen molar-refractivity contribution in [2.45, 2.75) is 51.5 Å². The summed E-state index contributed by atoms with van der Waals surface area (Å²) in [6.07, 6.45) is 6.62. The summed E-state index contributed by atoms with van der Waals surface area (Å²) < 4.78 is 26.9. The Bertz CT molecular complexity index is 402. The summed E-state index contributed by atoms with van der Waals surface area (Å²) in [5, 5.41) is 3.47. The fourth-order valence-corrected chi connectivity index (χ4v) is 2.69. The molecule has 1 saturated carbocycles. The zero-order valence-corrected chi connectivity index (χ0v) is 11.6. The van der Waals surface area contributed by atoms with Crippen LogP contribution in [-0.2, 0) is 6.42 Å². The van der Waals surface area contributed by atoms with E-state index in [1.807, 2.05) is 0 Å². The summed E-state index contributed by atoms with van der Waals surface area (Å²) in [4.78, 5) is 0. The van der Waals surface area contributed by atoms with Crippen LogP contribution in [-0.4, -0.2) is 12.6 Å². The van der Waals surface area contributed by atoms with Crippen LogP contribution in [0.4, 0.5) is 8.78 Å².